The van der Waals surface area contributed by atoms with Gasteiger partial charge < -0.3 is 14.8 Å². The highest BCUT2D eigenvalue weighted by Gasteiger charge is 2.11. The molecule has 0 saturated carbocycles. The number of benzene rings is 2. The monoisotopic (exact) mass is 393 g/mol. The first-order chi connectivity index (χ1) is 12.4. The topological polar surface area (TPSA) is 64.6 Å². The van der Waals surface area contributed by atoms with Crippen molar-refractivity contribution in [2.24, 2.45) is 0 Å². The molecule has 0 unspecified atom stereocenters. The largest absolute Gasteiger partial charge is 0.495 e. The summed E-state index contributed by atoms with van der Waals surface area (Å²) < 4.78 is 10.1. The second-order valence-electron chi connectivity index (χ2n) is 5.35. The van der Waals surface area contributed by atoms with E-state index in [1.807, 2.05) is 0 Å². The summed E-state index contributed by atoms with van der Waals surface area (Å²) in [6, 6.07) is 10.3. The van der Waals surface area contributed by atoms with E-state index in [2.05, 4.69) is 5.32 Å². The predicted molar refractivity (Wildman–Crippen MR) is 103 cm³/mol. The van der Waals surface area contributed by atoms with Crippen LogP contribution in [0.15, 0.2) is 42.5 Å². The zero-order chi connectivity index (χ0) is 19.1. The molecule has 0 saturated heterocycles. The summed E-state index contributed by atoms with van der Waals surface area (Å²) in [4.78, 5) is 23.7. The van der Waals surface area contributed by atoms with E-state index in [-0.39, 0.29) is 0 Å². The molecule has 1 amide bonds. The van der Waals surface area contributed by atoms with Gasteiger partial charge in [-0.1, -0.05) is 35.3 Å². The van der Waals surface area contributed by atoms with Crippen LogP contribution in [0.25, 0.3) is 6.08 Å². The molecule has 0 heterocycles. The third kappa shape index (κ3) is 5.79. The van der Waals surface area contributed by atoms with Crippen LogP contribution in [0, 0.1) is 6.92 Å². The zero-order valence-corrected chi connectivity index (χ0v) is 15.7. The summed E-state index contributed by atoms with van der Waals surface area (Å²) >= 11 is 11.9. The molecule has 0 spiro atoms. The van der Waals surface area contributed by atoms with Crippen LogP contribution < -0.4 is 10.1 Å². The zero-order valence-electron chi connectivity index (χ0n) is 14.2. The van der Waals surface area contributed by atoms with Crippen molar-refractivity contribution in [1.82, 2.24) is 0 Å². The molecule has 0 aliphatic heterocycles. The van der Waals surface area contributed by atoms with Crippen LogP contribution in [0.5, 0.6) is 5.75 Å². The minimum absolute atomic E-state index is 0.418. The molecule has 5 nitrogen and oxygen atoms in total. The number of hydrogen-bond acceptors (Lipinski definition) is 4. The van der Waals surface area contributed by atoms with E-state index in [4.69, 9.17) is 32.7 Å². The first kappa shape index (κ1) is 19.8. The summed E-state index contributed by atoms with van der Waals surface area (Å²) in [6.07, 6.45) is 2.78. The van der Waals surface area contributed by atoms with Crippen LogP contribution in [0.3, 0.4) is 0 Å². The van der Waals surface area contributed by atoms with Gasteiger partial charge in [-0.25, -0.2) is 4.79 Å². The van der Waals surface area contributed by atoms with Gasteiger partial charge in [0.25, 0.3) is 5.91 Å². The maximum absolute atomic E-state index is 12.0. The fourth-order valence-corrected chi connectivity index (χ4v) is 2.43. The Morgan fingerprint density at radius 2 is 1.96 bits per heavy atom. The van der Waals surface area contributed by atoms with Gasteiger partial charge >= 0.3 is 5.97 Å². The third-order valence-electron chi connectivity index (χ3n) is 3.36. The fourth-order valence-electron chi connectivity index (χ4n) is 2.08. The number of ether oxygens (including phenoxy) is 2. The van der Waals surface area contributed by atoms with Gasteiger partial charge in [-0.2, -0.15) is 0 Å². The Hall–Kier alpha value is -2.50. The molecule has 1 N–H and O–H groups in total. The van der Waals surface area contributed by atoms with Crippen molar-refractivity contribution >= 4 is 46.8 Å². The van der Waals surface area contributed by atoms with Crippen LogP contribution in [0.2, 0.25) is 10.0 Å². The summed E-state index contributed by atoms with van der Waals surface area (Å²) in [5.74, 6) is -0.713. The number of carbonyl (C=O) groups excluding carboxylic acids is 2. The number of hydrogen-bond donors (Lipinski definition) is 1. The number of halogens is 2. The fraction of sp³-hybridized carbons (Fsp3) is 0.158. The van der Waals surface area contributed by atoms with Gasteiger partial charge in [-0.3, -0.25) is 4.79 Å². The lowest BCUT2D eigenvalue weighted by atomic mass is 10.2. The minimum atomic E-state index is -0.639. The Morgan fingerprint density at radius 1 is 1.19 bits per heavy atom. The highest BCUT2D eigenvalue weighted by molar-refractivity contribution is 6.31. The minimum Gasteiger partial charge on any atom is -0.495 e. The van der Waals surface area contributed by atoms with E-state index in [1.54, 1.807) is 49.4 Å². The maximum Gasteiger partial charge on any atom is 0.331 e. The van der Waals surface area contributed by atoms with Crippen molar-refractivity contribution in [3.05, 3.63) is 63.6 Å². The molecule has 2 aromatic rings. The van der Waals surface area contributed by atoms with E-state index in [0.717, 1.165) is 11.1 Å². The Labute approximate surface area is 161 Å². The van der Waals surface area contributed by atoms with Crippen LogP contribution in [-0.4, -0.2) is 25.6 Å². The molecule has 0 fully saturated rings. The molecule has 26 heavy (non-hydrogen) atoms. The van der Waals surface area contributed by atoms with Gasteiger partial charge in [0.2, 0.25) is 0 Å². The molecule has 0 atom stereocenters. The summed E-state index contributed by atoms with van der Waals surface area (Å²) in [5, 5.41) is 3.71. The van der Waals surface area contributed by atoms with Gasteiger partial charge in [0.15, 0.2) is 6.61 Å². The van der Waals surface area contributed by atoms with E-state index in [1.165, 1.54) is 13.2 Å². The van der Waals surface area contributed by atoms with Crippen LogP contribution in [-0.2, 0) is 14.3 Å². The highest BCUT2D eigenvalue weighted by Crippen LogP contribution is 2.30. The molecule has 0 bridgehead atoms. The molecule has 0 aliphatic rings. The van der Waals surface area contributed by atoms with E-state index in [0.29, 0.717) is 21.5 Å². The number of rotatable bonds is 6. The first-order valence-electron chi connectivity index (χ1n) is 7.63. The first-order valence-corrected chi connectivity index (χ1v) is 8.39. The standard InChI is InChI=1S/C19H17Cl2NO4/c1-12-8-16(17(25-2)10-15(12)21)22-18(23)11-26-19(24)7-6-13-4-3-5-14(20)9-13/h3-10H,11H2,1-2H3,(H,22,23)/b7-6+. The van der Waals surface area contributed by atoms with Gasteiger partial charge in [0.05, 0.1) is 12.8 Å². The van der Waals surface area contributed by atoms with E-state index >= 15 is 0 Å². The second kappa shape index (κ2) is 9.27. The Kier molecular flexibility index (Phi) is 7.06. The average molecular weight is 394 g/mol. The van der Waals surface area contributed by atoms with Crippen molar-refractivity contribution in [2.75, 3.05) is 19.0 Å². The van der Waals surface area contributed by atoms with Crippen molar-refractivity contribution in [1.29, 1.82) is 0 Å². The van der Waals surface area contributed by atoms with Crippen molar-refractivity contribution < 1.29 is 19.1 Å². The van der Waals surface area contributed by atoms with Gasteiger partial charge in [-0.15, -0.1) is 0 Å². The molecule has 7 heteroatoms. The SMILES string of the molecule is COc1cc(Cl)c(C)cc1NC(=O)COC(=O)/C=C/c1cccc(Cl)c1. The van der Waals surface area contributed by atoms with Crippen molar-refractivity contribution in [3.63, 3.8) is 0 Å². The number of anilines is 1. The van der Waals surface area contributed by atoms with Gasteiger partial charge in [0.1, 0.15) is 5.75 Å². The number of aryl methyl sites for hydroxylation is 1. The summed E-state index contributed by atoms with van der Waals surface area (Å²) in [5.41, 5.74) is 1.98. The van der Waals surface area contributed by atoms with Gasteiger partial charge in [0, 0.05) is 22.2 Å². The normalized spacial score (nSPS) is 10.6. The van der Waals surface area contributed by atoms with Crippen molar-refractivity contribution in [2.45, 2.75) is 6.92 Å². The number of esters is 1. The predicted octanol–water partition coefficient (Wildman–Crippen LogP) is 4.51. The third-order valence-corrected chi connectivity index (χ3v) is 4.00. The molecule has 0 aliphatic carbocycles. The van der Waals surface area contributed by atoms with Crippen LogP contribution >= 0.6 is 23.2 Å². The smallest absolute Gasteiger partial charge is 0.331 e. The number of nitrogens with one attached hydrogen (secondary N) is 1. The van der Waals surface area contributed by atoms with E-state index in [9.17, 15) is 9.59 Å². The van der Waals surface area contributed by atoms with E-state index < -0.39 is 18.5 Å². The molecular formula is C19H17Cl2NO4. The molecule has 136 valence electrons. The lowest BCUT2D eigenvalue weighted by Crippen LogP contribution is -2.20. The summed E-state index contributed by atoms with van der Waals surface area (Å²) in [7, 11) is 1.47. The quantitative estimate of drug-likeness (QED) is 0.579. The second-order valence-corrected chi connectivity index (χ2v) is 6.19. The van der Waals surface area contributed by atoms with Gasteiger partial charge in [-0.05, 0) is 42.3 Å². The molecule has 2 rings (SSSR count). The number of methoxy groups -OCH3 is 1. The molecule has 0 aromatic heterocycles. The van der Waals surface area contributed by atoms with Crippen molar-refractivity contribution in [3.8, 4) is 5.75 Å². The van der Waals surface area contributed by atoms with Crippen LogP contribution in [0.4, 0.5) is 5.69 Å². The average Bonchev–Trinajstić information content (AvgIpc) is 2.61. The maximum atomic E-state index is 12.0. The molecule has 0 radical (unpaired) electrons. The molecular weight excluding hydrogens is 377 g/mol. The lowest BCUT2D eigenvalue weighted by molar-refractivity contribution is -0.142. The Bertz CT molecular complexity index is 849. The number of carbonyl (C=O) groups is 2. The molecule has 2 aromatic carbocycles. The Morgan fingerprint density at radius 3 is 2.65 bits per heavy atom. The van der Waals surface area contributed by atoms with Crippen LogP contribution in [0.1, 0.15) is 11.1 Å². The Balaban J connectivity index is 1.90. The number of amides is 1. The highest BCUT2D eigenvalue weighted by atomic mass is 35.5. The summed E-state index contributed by atoms with van der Waals surface area (Å²) in [6.45, 7) is 1.38. The lowest BCUT2D eigenvalue weighted by Gasteiger charge is -2.12.